The van der Waals surface area contributed by atoms with Crippen molar-refractivity contribution in [2.45, 2.75) is 27.7 Å². The van der Waals surface area contributed by atoms with Gasteiger partial charge in [-0.15, -0.1) is 0 Å². The van der Waals surface area contributed by atoms with E-state index in [4.69, 9.17) is 9.47 Å². The minimum absolute atomic E-state index is 0.0459. The van der Waals surface area contributed by atoms with E-state index in [0.29, 0.717) is 43.4 Å². The van der Waals surface area contributed by atoms with Crippen LogP contribution in [0, 0.1) is 13.8 Å². The van der Waals surface area contributed by atoms with Crippen LogP contribution in [0.2, 0.25) is 0 Å². The highest BCUT2D eigenvalue weighted by molar-refractivity contribution is 5.95. The number of aryl methyl sites for hydroxylation is 1. The van der Waals surface area contributed by atoms with Gasteiger partial charge in [-0.1, -0.05) is 12.1 Å². The van der Waals surface area contributed by atoms with E-state index in [1.165, 1.54) is 16.8 Å². The van der Waals surface area contributed by atoms with Crippen LogP contribution in [-0.2, 0) is 0 Å². The lowest BCUT2D eigenvalue weighted by Gasteiger charge is -2.37. The van der Waals surface area contributed by atoms with Crippen molar-refractivity contribution in [3.05, 3.63) is 53.1 Å². The molecule has 1 heterocycles. The fraction of sp³-hybridized carbons (Fsp3) is 0.435. The van der Waals surface area contributed by atoms with Crippen LogP contribution in [0.3, 0.4) is 0 Å². The number of anilines is 1. The van der Waals surface area contributed by atoms with Gasteiger partial charge in [-0.25, -0.2) is 0 Å². The molecule has 0 bridgehead atoms. The number of nitrogens with zero attached hydrogens (tertiary/aromatic N) is 2. The molecule has 0 N–H and O–H groups in total. The second kappa shape index (κ2) is 9.00. The minimum Gasteiger partial charge on any atom is -0.490 e. The van der Waals surface area contributed by atoms with Crippen molar-refractivity contribution < 1.29 is 14.3 Å². The molecule has 2 aromatic rings. The molecule has 0 spiro atoms. The Hall–Kier alpha value is -2.69. The van der Waals surface area contributed by atoms with Gasteiger partial charge in [-0.2, -0.15) is 0 Å². The number of amides is 1. The van der Waals surface area contributed by atoms with Crippen molar-refractivity contribution in [3.8, 4) is 11.5 Å². The molecule has 0 radical (unpaired) electrons. The van der Waals surface area contributed by atoms with Crippen molar-refractivity contribution in [2.75, 3.05) is 44.3 Å². The largest absolute Gasteiger partial charge is 0.490 e. The van der Waals surface area contributed by atoms with Crippen LogP contribution >= 0.6 is 0 Å². The Kier molecular flexibility index (Phi) is 6.45. The van der Waals surface area contributed by atoms with Crippen molar-refractivity contribution in [2.24, 2.45) is 0 Å². The number of hydrogen-bond acceptors (Lipinski definition) is 4. The maximum Gasteiger partial charge on any atom is 0.254 e. The molecule has 1 aliphatic rings. The Balaban J connectivity index is 1.69. The molecule has 5 heteroatoms. The lowest BCUT2D eigenvalue weighted by atomic mass is 10.1. The summed E-state index contributed by atoms with van der Waals surface area (Å²) in [6.07, 6.45) is 0. The average Bonchev–Trinajstić information content (AvgIpc) is 2.71. The highest BCUT2D eigenvalue weighted by Crippen LogP contribution is 2.29. The van der Waals surface area contributed by atoms with Crippen molar-refractivity contribution in [1.29, 1.82) is 0 Å². The number of hydrogen-bond donors (Lipinski definition) is 0. The minimum atomic E-state index is 0.0459. The van der Waals surface area contributed by atoms with Crippen LogP contribution in [0.15, 0.2) is 36.4 Å². The summed E-state index contributed by atoms with van der Waals surface area (Å²) in [6, 6.07) is 11.9. The predicted octanol–water partition coefficient (Wildman–Crippen LogP) is 4.06. The zero-order valence-corrected chi connectivity index (χ0v) is 17.3. The molecule has 3 rings (SSSR count). The number of piperazine rings is 1. The van der Waals surface area contributed by atoms with Crippen LogP contribution in [0.25, 0.3) is 0 Å². The Morgan fingerprint density at radius 2 is 1.61 bits per heavy atom. The number of rotatable bonds is 6. The summed E-state index contributed by atoms with van der Waals surface area (Å²) in [5.41, 5.74) is 4.53. The number of benzene rings is 2. The fourth-order valence-electron chi connectivity index (χ4n) is 3.60. The van der Waals surface area contributed by atoms with Crippen LogP contribution in [0.5, 0.6) is 11.5 Å². The molecule has 0 saturated carbocycles. The van der Waals surface area contributed by atoms with Crippen LogP contribution in [0.4, 0.5) is 5.69 Å². The highest BCUT2D eigenvalue weighted by atomic mass is 16.5. The quantitative estimate of drug-likeness (QED) is 0.755. The van der Waals surface area contributed by atoms with Crippen molar-refractivity contribution in [1.82, 2.24) is 4.90 Å². The molecular weight excluding hydrogens is 352 g/mol. The van der Waals surface area contributed by atoms with E-state index in [-0.39, 0.29) is 5.91 Å². The molecule has 150 valence electrons. The smallest absolute Gasteiger partial charge is 0.254 e. The Bertz CT molecular complexity index is 827. The predicted molar refractivity (Wildman–Crippen MR) is 113 cm³/mol. The lowest BCUT2D eigenvalue weighted by molar-refractivity contribution is 0.0746. The molecule has 0 atom stereocenters. The van der Waals surface area contributed by atoms with Gasteiger partial charge in [0.2, 0.25) is 0 Å². The lowest BCUT2D eigenvalue weighted by Crippen LogP contribution is -2.49. The molecule has 0 aromatic heterocycles. The molecule has 5 nitrogen and oxygen atoms in total. The molecule has 1 fully saturated rings. The highest BCUT2D eigenvalue weighted by Gasteiger charge is 2.24. The maximum atomic E-state index is 13.0. The summed E-state index contributed by atoms with van der Waals surface area (Å²) >= 11 is 0. The first-order chi connectivity index (χ1) is 13.5. The van der Waals surface area contributed by atoms with Gasteiger partial charge in [0.05, 0.1) is 13.2 Å². The zero-order valence-electron chi connectivity index (χ0n) is 17.3. The summed E-state index contributed by atoms with van der Waals surface area (Å²) in [6.45, 7) is 12.4. The molecule has 1 aliphatic heterocycles. The van der Waals surface area contributed by atoms with E-state index < -0.39 is 0 Å². The third-order valence-electron chi connectivity index (χ3n) is 5.27. The normalized spacial score (nSPS) is 14.1. The van der Waals surface area contributed by atoms with Gasteiger partial charge in [-0.3, -0.25) is 4.79 Å². The van der Waals surface area contributed by atoms with Crippen LogP contribution in [-0.4, -0.2) is 50.2 Å². The summed E-state index contributed by atoms with van der Waals surface area (Å²) in [4.78, 5) is 17.3. The molecule has 0 unspecified atom stereocenters. The Morgan fingerprint density at radius 1 is 0.929 bits per heavy atom. The fourth-order valence-corrected chi connectivity index (χ4v) is 3.60. The van der Waals surface area contributed by atoms with E-state index in [1.54, 1.807) is 6.07 Å². The van der Waals surface area contributed by atoms with E-state index in [9.17, 15) is 4.79 Å². The van der Waals surface area contributed by atoms with Gasteiger partial charge in [0.1, 0.15) is 0 Å². The molecule has 0 aliphatic carbocycles. The monoisotopic (exact) mass is 382 g/mol. The average molecular weight is 383 g/mol. The van der Waals surface area contributed by atoms with E-state index in [1.807, 2.05) is 30.9 Å². The molecule has 1 saturated heterocycles. The summed E-state index contributed by atoms with van der Waals surface area (Å²) in [5, 5.41) is 0. The molecular formula is C23H30N2O3. The van der Waals surface area contributed by atoms with Gasteiger partial charge < -0.3 is 19.3 Å². The van der Waals surface area contributed by atoms with Gasteiger partial charge in [-0.05, 0) is 63.1 Å². The number of carbonyl (C=O) groups excluding carboxylic acids is 1. The summed E-state index contributed by atoms with van der Waals surface area (Å²) < 4.78 is 11.3. The first kappa shape index (κ1) is 20.1. The second-order valence-electron chi connectivity index (χ2n) is 7.03. The van der Waals surface area contributed by atoms with Gasteiger partial charge in [0.15, 0.2) is 11.5 Å². The van der Waals surface area contributed by atoms with E-state index >= 15 is 0 Å². The van der Waals surface area contributed by atoms with Gasteiger partial charge in [0, 0.05) is 37.4 Å². The third kappa shape index (κ3) is 4.24. The zero-order chi connectivity index (χ0) is 20.1. The standard InChI is InChI=1S/C23H30N2O3/c1-5-27-21-11-10-19(16-22(21)28-6-2)23(26)25-14-12-24(13-15-25)20-9-7-8-17(3)18(20)4/h7-11,16H,5-6,12-15H2,1-4H3. The first-order valence-electron chi connectivity index (χ1n) is 10.0. The number of carbonyl (C=O) groups is 1. The van der Waals surface area contributed by atoms with Crippen molar-refractivity contribution in [3.63, 3.8) is 0 Å². The van der Waals surface area contributed by atoms with Gasteiger partial charge >= 0.3 is 0 Å². The third-order valence-corrected chi connectivity index (χ3v) is 5.27. The van der Waals surface area contributed by atoms with E-state index in [0.717, 1.165) is 13.1 Å². The molecule has 1 amide bonds. The molecule has 2 aromatic carbocycles. The topological polar surface area (TPSA) is 42.0 Å². The maximum absolute atomic E-state index is 13.0. The van der Waals surface area contributed by atoms with Crippen LogP contribution < -0.4 is 14.4 Å². The summed E-state index contributed by atoms with van der Waals surface area (Å²) in [7, 11) is 0. The number of ether oxygens (including phenoxy) is 2. The first-order valence-corrected chi connectivity index (χ1v) is 10.0. The van der Waals surface area contributed by atoms with Crippen LogP contribution in [0.1, 0.15) is 35.3 Å². The van der Waals surface area contributed by atoms with Crippen molar-refractivity contribution >= 4 is 11.6 Å². The molecule has 28 heavy (non-hydrogen) atoms. The van der Waals surface area contributed by atoms with E-state index in [2.05, 4.69) is 36.9 Å². The Labute approximate surface area is 167 Å². The Morgan fingerprint density at radius 3 is 2.29 bits per heavy atom. The SMILES string of the molecule is CCOc1ccc(C(=O)N2CCN(c3cccc(C)c3C)CC2)cc1OCC. The summed E-state index contributed by atoms with van der Waals surface area (Å²) in [5.74, 6) is 1.36. The van der Waals surface area contributed by atoms with Gasteiger partial charge in [0.25, 0.3) is 5.91 Å². The second-order valence-corrected chi connectivity index (χ2v) is 7.03.